The second-order valence-corrected chi connectivity index (χ2v) is 9.42. The highest BCUT2D eigenvalue weighted by Gasteiger charge is 2.24. The average molecular weight is 417 g/mol. The first-order valence-electron chi connectivity index (χ1n) is 9.76. The Morgan fingerprint density at radius 1 is 1.10 bits per heavy atom. The molecule has 29 heavy (non-hydrogen) atoms. The molecule has 0 aliphatic carbocycles. The number of nitrogens with one attached hydrogen (secondary N) is 1. The van der Waals surface area contributed by atoms with E-state index in [4.69, 9.17) is 4.74 Å². The SMILES string of the molecule is COc1cc(C)c(S(=O)(=O)Nc2ccc(N3CCCC3=O)c(C)c2)cc1C(C)C. The van der Waals surface area contributed by atoms with Crippen molar-refractivity contribution in [2.45, 2.75) is 51.3 Å². The highest BCUT2D eigenvalue weighted by Crippen LogP contribution is 2.33. The number of ether oxygens (including phenoxy) is 1. The molecule has 2 aromatic carbocycles. The molecule has 0 spiro atoms. The summed E-state index contributed by atoms with van der Waals surface area (Å²) in [5, 5.41) is 0. The molecule has 0 aromatic heterocycles. The van der Waals surface area contributed by atoms with Crippen LogP contribution in [0.5, 0.6) is 5.75 Å². The first-order chi connectivity index (χ1) is 13.6. The number of hydrogen-bond donors (Lipinski definition) is 1. The van der Waals surface area contributed by atoms with E-state index in [9.17, 15) is 13.2 Å². The van der Waals surface area contributed by atoms with Gasteiger partial charge in [-0.2, -0.15) is 0 Å². The fourth-order valence-electron chi connectivity index (χ4n) is 3.73. The van der Waals surface area contributed by atoms with E-state index < -0.39 is 10.0 Å². The van der Waals surface area contributed by atoms with Crippen molar-refractivity contribution >= 4 is 27.3 Å². The summed E-state index contributed by atoms with van der Waals surface area (Å²) >= 11 is 0. The maximum Gasteiger partial charge on any atom is 0.262 e. The zero-order chi connectivity index (χ0) is 21.3. The van der Waals surface area contributed by atoms with E-state index in [1.807, 2.05) is 20.8 Å². The summed E-state index contributed by atoms with van der Waals surface area (Å²) in [5.74, 6) is 0.919. The Bertz CT molecular complexity index is 1050. The van der Waals surface area contributed by atoms with Crippen LogP contribution in [-0.4, -0.2) is 28.0 Å². The summed E-state index contributed by atoms with van der Waals surface area (Å²) in [6.07, 6.45) is 1.41. The lowest BCUT2D eigenvalue weighted by Crippen LogP contribution is -2.24. The van der Waals surface area contributed by atoms with Crippen molar-refractivity contribution in [2.24, 2.45) is 0 Å². The van der Waals surface area contributed by atoms with Crippen molar-refractivity contribution in [1.82, 2.24) is 0 Å². The largest absolute Gasteiger partial charge is 0.496 e. The number of carbonyl (C=O) groups is 1. The van der Waals surface area contributed by atoms with Gasteiger partial charge in [-0.15, -0.1) is 0 Å². The molecule has 2 aromatic rings. The average Bonchev–Trinajstić information content (AvgIpc) is 3.06. The van der Waals surface area contributed by atoms with Crippen molar-refractivity contribution in [3.05, 3.63) is 47.0 Å². The molecular formula is C22H28N2O4S. The minimum atomic E-state index is -3.77. The predicted molar refractivity (Wildman–Crippen MR) is 115 cm³/mol. The van der Waals surface area contributed by atoms with Crippen LogP contribution in [0.15, 0.2) is 35.2 Å². The van der Waals surface area contributed by atoms with Gasteiger partial charge in [-0.3, -0.25) is 9.52 Å². The second-order valence-electron chi connectivity index (χ2n) is 7.77. The minimum absolute atomic E-state index is 0.108. The Morgan fingerprint density at radius 2 is 1.83 bits per heavy atom. The van der Waals surface area contributed by atoms with E-state index >= 15 is 0 Å². The van der Waals surface area contributed by atoms with Crippen molar-refractivity contribution in [3.8, 4) is 5.75 Å². The molecule has 1 amide bonds. The Hall–Kier alpha value is -2.54. The van der Waals surface area contributed by atoms with Gasteiger partial charge >= 0.3 is 0 Å². The summed E-state index contributed by atoms with van der Waals surface area (Å²) in [6.45, 7) is 8.34. The molecule has 0 radical (unpaired) electrons. The van der Waals surface area contributed by atoms with E-state index in [1.54, 1.807) is 49.3 Å². The minimum Gasteiger partial charge on any atom is -0.496 e. The molecule has 1 saturated heterocycles. The zero-order valence-corrected chi connectivity index (χ0v) is 18.4. The molecule has 0 saturated carbocycles. The molecule has 7 heteroatoms. The summed E-state index contributed by atoms with van der Waals surface area (Å²) < 4.78 is 34.3. The molecule has 3 rings (SSSR count). The van der Waals surface area contributed by atoms with Crippen LogP contribution >= 0.6 is 0 Å². The highest BCUT2D eigenvalue weighted by atomic mass is 32.2. The fraction of sp³-hybridized carbons (Fsp3) is 0.409. The maximum atomic E-state index is 13.1. The summed E-state index contributed by atoms with van der Waals surface area (Å²) in [4.78, 5) is 14.0. The Kier molecular flexibility index (Phi) is 5.89. The Morgan fingerprint density at radius 3 is 2.38 bits per heavy atom. The molecule has 6 nitrogen and oxygen atoms in total. The van der Waals surface area contributed by atoms with Gasteiger partial charge in [0.2, 0.25) is 5.91 Å². The predicted octanol–water partition coefficient (Wildman–Crippen LogP) is 4.36. The smallest absolute Gasteiger partial charge is 0.262 e. The topological polar surface area (TPSA) is 75.7 Å². The number of anilines is 2. The van der Waals surface area contributed by atoms with Gasteiger partial charge < -0.3 is 9.64 Å². The quantitative estimate of drug-likeness (QED) is 0.759. The maximum absolute atomic E-state index is 13.1. The lowest BCUT2D eigenvalue weighted by Gasteiger charge is -2.20. The summed E-state index contributed by atoms with van der Waals surface area (Å²) in [5.41, 5.74) is 3.62. The molecule has 1 N–H and O–H groups in total. The molecule has 1 aliphatic rings. The zero-order valence-electron chi connectivity index (χ0n) is 17.6. The van der Waals surface area contributed by atoms with Gasteiger partial charge in [0.15, 0.2) is 0 Å². The third kappa shape index (κ3) is 4.24. The first kappa shape index (κ1) is 21.2. The lowest BCUT2D eigenvalue weighted by molar-refractivity contribution is -0.117. The number of aryl methyl sites for hydroxylation is 2. The van der Waals surface area contributed by atoms with Crippen molar-refractivity contribution < 1.29 is 17.9 Å². The van der Waals surface area contributed by atoms with Crippen molar-refractivity contribution in [3.63, 3.8) is 0 Å². The molecule has 1 aliphatic heterocycles. The molecule has 0 unspecified atom stereocenters. The van der Waals surface area contributed by atoms with E-state index in [2.05, 4.69) is 4.72 Å². The van der Waals surface area contributed by atoms with Gasteiger partial charge in [0.25, 0.3) is 10.0 Å². The monoisotopic (exact) mass is 416 g/mol. The van der Waals surface area contributed by atoms with Gasteiger partial charge in [0.1, 0.15) is 5.75 Å². The molecule has 1 fully saturated rings. The second kappa shape index (κ2) is 8.06. The van der Waals surface area contributed by atoms with E-state index in [0.717, 1.165) is 23.2 Å². The molecule has 156 valence electrons. The number of methoxy groups -OCH3 is 1. The van der Waals surface area contributed by atoms with Crippen LogP contribution in [0.3, 0.4) is 0 Å². The highest BCUT2D eigenvalue weighted by molar-refractivity contribution is 7.92. The van der Waals surface area contributed by atoms with E-state index in [1.165, 1.54) is 0 Å². The van der Waals surface area contributed by atoms with E-state index in [0.29, 0.717) is 30.0 Å². The molecular weight excluding hydrogens is 388 g/mol. The number of rotatable bonds is 6. The van der Waals surface area contributed by atoms with Crippen molar-refractivity contribution in [2.75, 3.05) is 23.3 Å². The third-order valence-corrected chi connectivity index (χ3v) is 6.78. The number of benzene rings is 2. The summed E-state index contributed by atoms with van der Waals surface area (Å²) in [6, 6.07) is 8.72. The van der Waals surface area contributed by atoms with Crippen LogP contribution < -0.4 is 14.4 Å². The normalized spacial score (nSPS) is 14.6. The van der Waals surface area contributed by atoms with Crippen LogP contribution in [0.2, 0.25) is 0 Å². The van der Waals surface area contributed by atoms with Crippen LogP contribution in [0.4, 0.5) is 11.4 Å². The van der Waals surface area contributed by atoms with Crippen LogP contribution in [0.25, 0.3) is 0 Å². The van der Waals surface area contributed by atoms with Gasteiger partial charge in [-0.25, -0.2) is 8.42 Å². The fourth-order valence-corrected chi connectivity index (χ4v) is 5.04. The van der Waals surface area contributed by atoms with Gasteiger partial charge in [0.05, 0.1) is 12.0 Å². The number of hydrogen-bond acceptors (Lipinski definition) is 4. The van der Waals surface area contributed by atoms with Crippen LogP contribution in [0, 0.1) is 13.8 Å². The third-order valence-electron chi connectivity index (χ3n) is 5.25. The number of amides is 1. The molecule has 0 bridgehead atoms. The number of carbonyl (C=O) groups excluding carboxylic acids is 1. The molecule has 1 heterocycles. The first-order valence-corrected chi connectivity index (χ1v) is 11.2. The lowest BCUT2D eigenvalue weighted by atomic mass is 10.0. The number of nitrogens with zero attached hydrogens (tertiary/aromatic N) is 1. The van der Waals surface area contributed by atoms with Gasteiger partial charge in [-0.1, -0.05) is 13.8 Å². The van der Waals surface area contributed by atoms with E-state index in [-0.39, 0.29) is 16.7 Å². The van der Waals surface area contributed by atoms with Gasteiger partial charge in [-0.05, 0) is 73.2 Å². The molecule has 0 atom stereocenters. The van der Waals surface area contributed by atoms with Crippen LogP contribution in [-0.2, 0) is 14.8 Å². The number of sulfonamides is 1. The van der Waals surface area contributed by atoms with Gasteiger partial charge in [0, 0.05) is 24.3 Å². The van der Waals surface area contributed by atoms with Crippen LogP contribution in [0.1, 0.15) is 49.3 Å². The summed E-state index contributed by atoms with van der Waals surface area (Å²) in [7, 11) is -2.18. The Labute approximate surface area is 172 Å². The Balaban J connectivity index is 1.93. The van der Waals surface area contributed by atoms with Crippen molar-refractivity contribution in [1.29, 1.82) is 0 Å². The standard InChI is InChI=1S/C22H28N2O4S/c1-14(2)18-13-21(16(4)12-20(18)28-5)29(26,27)23-17-8-9-19(15(3)11-17)24-10-6-7-22(24)25/h8-9,11-14,23H,6-7,10H2,1-5H3.